The second-order valence-corrected chi connectivity index (χ2v) is 7.49. The molecule has 1 saturated carbocycles. The van der Waals surface area contributed by atoms with Gasteiger partial charge in [0, 0.05) is 37.6 Å². The van der Waals surface area contributed by atoms with Crippen LogP contribution in [0.2, 0.25) is 0 Å². The lowest BCUT2D eigenvalue weighted by molar-refractivity contribution is -0.143. The van der Waals surface area contributed by atoms with Crippen molar-refractivity contribution in [2.75, 3.05) is 19.7 Å². The van der Waals surface area contributed by atoms with Gasteiger partial charge in [0.25, 0.3) is 0 Å². The zero-order valence-electron chi connectivity index (χ0n) is 15.1. The van der Waals surface area contributed by atoms with E-state index >= 15 is 0 Å². The van der Waals surface area contributed by atoms with E-state index < -0.39 is 0 Å². The predicted molar refractivity (Wildman–Crippen MR) is 90.0 cm³/mol. The number of rotatable bonds is 6. The number of carbonyl (C=O) groups excluding carboxylic acids is 2. The van der Waals surface area contributed by atoms with Crippen LogP contribution in [0.5, 0.6) is 0 Å². The van der Waals surface area contributed by atoms with Crippen LogP contribution >= 0.6 is 0 Å². The van der Waals surface area contributed by atoms with E-state index in [4.69, 9.17) is 4.74 Å². The topological polar surface area (TPSA) is 58.6 Å². The van der Waals surface area contributed by atoms with Crippen molar-refractivity contribution in [3.8, 4) is 0 Å². The summed E-state index contributed by atoms with van der Waals surface area (Å²) >= 11 is 0. The number of hydrogen-bond acceptors (Lipinski definition) is 3. The maximum absolute atomic E-state index is 12.6. The zero-order chi connectivity index (χ0) is 17.0. The third kappa shape index (κ3) is 4.06. The van der Waals surface area contributed by atoms with Gasteiger partial charge >= 0.3 is 0 Å². The Morgan fingerprint density at radius 3 is 2.65 bits per heavy atom. The second kappa shape index (κ2) is 7.65. The molecule has 2 fully saturated rings. The number of amides is 2. The van der Waals surface area contributed by atoms with Gasteiger partial charge in [0.1, 0.15) is 0 Å². The maximum atomic E-state index is 12.6. The van der Waals surface area contributed by atoms with Gasteiger partial charge in [0.2, 0.25) is 11.8 Å². The van der Waals surface area contributed by atoms with Crippen LogP contribution in [0, 0.1) is 11.3 Å². The second-order valence-electron chi connectivity index (χ2n) is 7.49. The third-order valence-corrected chi connectivity index (χ3v) is 5.47. The Labute approximate surface area is 140 Å². The molecule has 0 aromatic heterocycles. The van der Waals surface area contributed by atoms with Crippen LogP contribution in [-0.4, -0.2) is 48.6 Å². The Kier molecular flexibility index (Phi) is 6.06. The molecule has 1 saturated heterocycles. The lowest BCUT2D eigenvalue weighted by Gasteiger charge is -2.52. The number of nitrogens with zero attached hydrogens (tertiary/aromatic N) is 1. The Morgan fingerprint density at radius 2 is 2.04 bits per heavy atom. The minimum absolute atomic E-state index is 0.0158. The normalized spacial score (nSPS) is 29.7. The fourth-order valence-electron chi connectivity index (χ4n) is 3.69. The van der Waals surface area contributed by atoms with Gasteiger partial charge in [0.15, 0.2) is 0 Å². The summed E-state index contributed by atoms with van der Waals surface area (Å²) in [6.45, 7) is 10.4. The summed E-state index contributed by atoms with van der Waals surface area (Å²) in [7, 11) is 0. The summed E-state index contributed by atoms with van der Waals surface area (Å²) in [5.74, 6) is 0.226. The number of piperidine rings is 1. The van der Waals surface area contributed by atoms with E-state index in [1.54, 1.807) is 0 Å². The Balaban J connectivity index is 1.85. The highest BCUT2D eigenvalue weighted by Gasteiger charge is 2.50. The van der Waals surface area contributed by atoms with Gasteiger partial charge in [-0.25, -0.2) is 0 Å². The number of nitrogens with one attached hydrogen (secondary N) is 1. The van der Waals surface area contributed by atoms with Crippen LogP contribution in [0.15, 0.2) is 0 Å². The van der Waals surface area contributed by atoms with E-state index in [-0.39, 0.29) is 35.3 Å². The summed E-state index contributed by atoms with van der Waals surface area (Å²) in [5.41, 5.74) is -0.0158. The fourth-order valence-corrected chi connectivity index (χ4v) is 3.69. The van der Waals surface area contributed by atoms with E-state index in [0.29, 0.717) is 19.6 Å². The van der Waals surface area contributed by atoms with Crippen molar-refractivity contribution in [1.29, 1.82) is 0 Å². The van der Waals surface area contributed by atoms with E-state index in [1.807, 2.05) is 18.7 Å². The molecule has 2 rings (SSSR count). The summed E-state index contributed by atoms with van der Waals surface area (Å²) < 4.78 is 5.72. The van der Waals surface area contributed by atoms with E-state index in [0.717, 1.165) is 32.2 Å². The van der Waals surface area contributed by atoms with Crippen molar-refractivity contribution >= 4 is 11.8 Å². The molecule has 0 bridgehead atoms. The molecule has 1 aliphatic carbocycles. The summed E-state index contributed by atoms with van der Waals surface area (Å²) in [6.07, 6.45) is 4.36. The van der Waals surface area contributed by atoms with E-state index in [9.17, 15) is 9.59 Å². The molecule has 1 N–H and O–H groups in total. The van der Waals surface area contributed by atoms with Crippen LogP contribution in [0.1, 0.15) is 59.8 Å². The molecule has 132 valence electrons. The molecule has 1 heterocycles. The first kappa shape index (κ1) is 18.2. The number of ether oxygens (including phenoxy) is 1. The van der Waals surface area contributed by atoms with E-state index in [1.165, 1.54) is 0 Å². The van der Waals surface area contributed by atoms with Crippen molar-refractivity contribution < 1.29 is 14.3 Å². The first-order valence-electron chi connectivity index (χ1n) is 9.09. The van der Waals surface area contributed by atoms with Crippen LogP contribution in [-0.2, 0) is 14.3 Å². The van der Waals surface area contributed by atoms with Gasteiger partial charge in [-0.2, -0.15) is 0 Å². The molecule has 2 amide bonds. The Morgan fingerprint density at radius 1 is 1.30 bits per heavy atom. The predicted octanol–water partition coefficient (Wildman–Crippen LogP) is 2.34. The quantitative estimate of drug-likeness (QED) is 0.816. The monoisotopic (exact) mass is 324 g/mol. The molecule has 0 unspecified atom stereocenters. The standard InChI is InChI=1S/C18H32N2O3/c1-5-8-16(21)20-10-7-9-13(12-20)17(22)19-14-11-15(23-6-2)18(14,3)4/h13-15H,5-12H2,1-4H3,(H,19,22)/t13-,14+,15-/m0/s1. The molecule has 0 spiro atoms. The highest BCUT2D eigenvalue weighted by molar-refractivity contribution is 5.81. The minimum atomic E-state index is -0.0634. The molecule has 5 heteroatoms. The lowest BCUT2D eigenvalue weighted by Crippen LogP contribution is -2.63. The van der Waals surface area contributed by atoms with Crippen LogP contribution in [0.3, 0.4) is 0 Å². The molecule has 23 heavy (non-hydrogen) atoms. The summed E-state index contributed by atoms with van der Waals surface area (Å²) in [5, 5.41) is 3.20. The molecular formula is C18H32N2O3. The summed E-state index contributed by atoms with van der Waals surface area (Å²) in [4.78, 5) is 26.5. The molecular weight excluding hydrogens is 292 g/mol. The van der Waals surface area contributed by atoms with Crippen molar-refractivity contribution in [1.82, 2.24) is 10.2 Å². The first-order chi connectivity index (χ1) is 10.9. The smallest absolute Gasteiger partial charge is 0.225 e. The van der Waals surface area contributed by atoms with Crippen molar-refractivity contribution in [2.45, 2.75) is 71.9 Å². The van der Waals surface area contributed by atoms with Crippen molar-refractivity contribution in [3.05, 3.63) is 0 Å². The number of carbonyl (C=O) groups is 2. The highest BCUT2D eigenvalue weighted by atomic mass is 16.5. The summed E-state index contributed by atoms with van der Waals surface area (Å²) in [6, 6.07) is 0.174. The van der Waals surface area contributed by atoms with E-state index in [2.05, 4.69) is 19.2 Å². The SMILES string of the molecule is CCCC(=O)N1CCC[C@H](C(=O)N[C@@H]2C[C@H](OCC)C2(C)C)C1. The van der Waals surface area contributed by atoms with Gasteiger partial charge in [0.05, 0.1) is 12.0 Å². The van der Waals surface area contributed by atoms with Gasteiger partial charge in [-0.15, -0.1) is 0 Å². The molecule has 0 aromatic rings. The Bertz CT molecular complexity index is 436. The molecule has 0 radical (unpaired) electrons. The first-order valence-corrected chi connectivity index (χ1v) is 9.09. The number of hydrogen-bond donors (Lipinski definition) is 1. The molecule has 5 nitrogen and oxygen atoms in total. The van der Waals surface area contributed by atoms with Crippen LogP contribution < -0.4 is 5.32 Å². The lowest BCUT2D eigenvalue weighted by atomic mass is 9.64. The molecule has 3 atom stereocenters. The van der Waals surface area contributed by atoms with Crippen LogP contribution in [0.25, 0.3) is 0 Å². The minimum Gasteiger partial charge on any atom is -0.378 e. The average molecular weight is 324 g/mol. The average Bonchev–Trinajstić information content (AvgIpc) is 2.54. The molecule has 1 aliphatic heterocycles. The third-order valence-electron chi connectivity index (χ3n) is 5.47. The number of likely N-dealkylation sites (tertiary alicyclic amines) is 1. The molecule has 2 aliphatic rings. The van der Waals surface area contributed by atoms with Gasteiger partial charge in [-0.1, -0.05) is 20.8 Å². The largest absolute Gasteiger partial charge is 0.378 e. The Hall–Kier alpha value is -1.10. The molecule has 0 aromatic carbocycles. The fraction of sp³-hybridized carbons (Fsp3) is 0.889. The highest BCUT2D eigenvalue weighted by Crippen LogP contribution is 2.42. The van der Waals surface area contributed by atoms with Gasteiger partial charge < -0.3 is 15.0 Å². The van der Waals surface area contributed by atoms with Crippen molar-refractivity contribution in [2.24, 2.45) is 11.3 Å². The van der Waals surface area contributed by atoms with Crippen molar-refractivity contribution in [3.63, 3.8) is 0 Å². The zero-order valence-corrected chi connectivity index (χ0v) is 15.1. The van der Waals surface area contributed by atoms with Crippen LogP contribution in [0.4, 0.5) is 0 Å². The van der Waals surface area contributed by atoms with Gasteiger partial charge in [-0.3, -0.25) is 9.59 Å². The maximum Gasteiger partial charge on any atom is 0.225 e. The van der Waals surface area contributed by atoms with Gasteiger partial charge in [-0.05, 0) is 32.6 Å².